The average molecular weight is 398 g/mol. The summed E-state index contributed by atoms with van der Waals surface area (Å²) < 4.78 is 0. The molecule has 160 valence electrons. The molecule has 0 fully saturated rings. The van der Waals surface area contributed by atoms with Gasteiger partial charge in [-0.2, -0.15) is 0 Å². The standard InChI is InChI=1S/C26H39NO2/c1-2-3-4-5-6-7-8-9-10-11-12-13-14-15-16-17-25(28)24-22-23(20-21-27)18-19-26(24)29/h3-4,6-7,9-10,18-19,22,29H,2,5,8,11-17,20-21,27H2,1H3/b4-3-,7-6-,10-9-. The fourth-order valence-corrected chi connectivity index (χ4v) is 3.17. The van der Waals surface area contributed by atoms with Crippen LogP contribution in [-0.2, 0) is 6.42 Å². The Morgan fingerprint density at radius 2 is 1.59 bits per heavy atom. The van der Waals surface area contributed by atoms with Crippen LogP contribution in [0.4, 0.5) is 0 Å². The summed E-state index contributed by atoms with van der Waals surface area (Å²) in [5, 5.41) is 9.93. The van der Waals surface area contributed by atoms with Crippen LogP contribution < -0.4 is 5.73 Å². The van der Waals surface area contributed by atoms with Crippen LogP contribution in [0.5, 0.6) is 5.75 Å². The predicted molar refractivity (Wildman–Crippen MR) is 124 cm³/mol. The maximum atomic E-state index is 12.3. The number of allylic oxidation sites excluding steroid dienone is 6. The minimum atomic E-state index is 0.0301. The Morgan fingerprint density at radius 1 is 0.931 bits per heavy atom. The number of nitrogens with two attached hydrogens (primary N) is 1. The smallest absolute Gasteiger partial charge is 0.166 e. The number of aromatic hydroxyl groups is 1. The van der Waals surface area contributed by atoms with E-state index >= 15 is 0 Å². The van der Waals surface area contributed by atoms with Crippen LogP contribution in [0, 0.1) is 0 Å². The van der Waals surface area contributed by atoms with Crippen molar-refractivity contribution in [3.8, 4) is 5.75 Å². The van der Waals surface area contributed by atoms with Gasteiger partial charge in [0, 0.05) is 6.42 Å². The summed E-state index contributed by atoms with van der Waals surface area (Å²) in [5.74, 6) is 0.109. The Bertz CT molecular complexity index is 659. The molecule has 0 atom stereocenters. The summed E-state index contributed by atoms with van der Waals surface area (Å²) in [6.45, 7) is 2.69. The molecule has 0 amide bonds. The molecular formula is C26H39NO2. The van der Waals surface area contributed by atoms with Gasteiger partial charge in [-0.05, 0) is 69.2 Å². The third-order valence-corrected chi connectivity index (χ3v) is 4.85. The Labute approximate surface area is 177 Å². The summed E-state index contributed by atoms with van der Waals surface area (Å²) in [6, 6.07) is 5.22. The van der Waals surface area contributed by atoms with Crippen LogP contribution in [0.15, 0.2) is 54.7 Å². The second-order valence-corrected chi connectivity index (χ2v) is 7.41. The fraction of sp³-hybridized carbons (Fsp3) is 0.500. The van der Waals surface area contributed by atoms with Gasteiger partial charge in [0.05, 0.1) is 5.56 Å². The van der Waals surface area contributed by atoms with Gasteiger partial charge in [0.25, 0.3) is 0 Å². The monoisotopic (exact) mass is 397 g/mol. The number of ketones is 1. The van der Waals surface area contributed by atoms with E-state index in [1.54, 1.807) is 12.1 Å². The second-order valence-electron chi connectivity index (χ2n) is 7.41. The molecule has 0 aliphatic carbocycles. The topological polar surface area (TPSA) is 63.3 Å². The molecule has 1 rings (SSSR count). The molecule has 0 aliphatic rings. The number of carbonyl (C=O) groups is 1. The lowest BCUT2D eigenvalue weighted by atomic mass is 10.00. The molecule has 3 N–H and O–H groups in total. The van der Waals surface area contributed by atoms with Gasteiger partial charge in [-0.1, -0.05) is 68.7 Å². The molecule has 0 aliphatic heterocycles. The molecule has 0 aromatic heterocycles. The average Bonchev–Trinajstić information content (AvgIpc) is 2.72. The van der Waals surface area contributed by atoms with Crippen molar-refractivity contribution in [3.63, 3.8) is 0 Å². The minimum absolute atomic E-state index is 0.0301. The van der Waals surface area contributed by atoms with Crippen molar-refractivity contribution >= 4 is 5.78 Å². The number of rotatable bonds is 16. The van der Waals surface area contributed by atoms with Gasteiger partial charge < -0.3 is 10.8 Å². The SMILES string of the molecule is CC/C=C\C/C=C\C/C=C\CCCCCCCC(=O)c1cc(CCN)ccc1O. The largest absolute Gasteiger partial charge is 0.507 e. The Hall–Kier alpha value is -2.13. The number of phenolic OH excluding ortho intramolecular Hbond substituents is 1. The van der Waals surface area contributed by atoms with E-state index in [0.717, 1.165) is 56.9 Å². The first kappa shape index (κ1) is 24.9. The van der Waals surface area contributed by atoms with E-state index in [-0.39, 0.29) is 11.5 Å². The van der Waals surface area contributed by atoms with Crippen molar-refractivity contribution < 1.29 is 9.90 Å². The number of carbonyl (C=O) groups excluding carboxylic acids is 1. The number of hydrogen-bond acceptors (Lipinski definition) is 3. The number of benzene rings is 1. The molecule has 0 saturated heterocycles. The molecule has 0 bridgehead atoms. The van der Waals surface area contributed by atoms with Crippen molar-refractivity contribution in [2.75, 3.05) is 6.54 Å². The molecule has 1 aromatic carbocycles. The quantitative estimate of drug-likeness (QED) is 0.186. The van der Waals surface area contributed by atoms with Crippen LogP contribution >= 0.6 is 0 Å². The third-order valence-electron chi connectivity index (χ3n) is 4.85. The van der Waals surface area contributed by atoms with E-state index in [9.17, 15) is 9.90 Å². The van der Waals surface area contributed by atoms with Gasteiger partial charge in [-0.25, -0.2) is 0 Å². The van der Waals surface area contributed by atoms with Crippen molar-refractivity contribution in [3.05, 3.63) is 65.8 Å². The molecule has 0 spiro atoms. The minimum Gasteiger partial charge on any atom is -0.507 e. The van der Waals surface area contributed by atoms with Gasteiger partial charge in [-0.3, -0.25) is 4.79 Å². The van der Waals surface area contributed by atoms with Crippen LogP contribution in [0.3, 0.4) is 0 Å². The Morgan fingerprint density at radius 3 is 2.31 bits per heavy atom. The predicted octanol–water partition coefficient (Wildman–Crippen LogP) is 6.67. The van der Waals surface area contributed by atoms with Gasteiger partial charge in [0.1, 0.15) is 5.75 Å². The summed E-state index contributed by atoms with van der Waals surface area (Å²) in [5.41, 5.74) is 7.01. The van der Waals surface area contributed by atoms with E-state index in [4.69, 9.17) is 5.73 Å². The molecule has 0 radical (unpaired) electrons. The lowest BCUT2D eigenvalue weighted by molar-refractivity contribution is 0.0976. The number of unbranched alkanes of at least 4 members (excludes halogenated alkanes) is 5. The highest BCUT2D eigenvalue weighted by Crippen LogP contribution is 2.21. The lowest BCUT2D eigenvalue weighted by Crippen LogP contribution is -2.05. The number of hydrogen-bond donors (Lipinski definition) is 2. The molecule has 3 heteroatoms. The highest BCUT2D eigenvalue weighted by molar-refractivity contribution is 5.98. The van der Waals surface area contributed by atoms with E-state index in [1.807, 2.05) is 6.07 Å². The molecular weight excluding hydrogens is 358 g/mol. The van der Waals surface area contributed by atoms with Gasteiger partial charge in [-0.15, -0.1) is 0 Å². The first-order chi connectivity index (χ1) is 14.2. The van der Waals surface area contributed by atoms with E-state index in [2.05, 4.69) is 43.4 Å². The van der Waals surface area contributed by atoms with Crippen LogP contribution in [0.25, 0.3) is 0 Å². The molecule has 0 saturated carbocycles. The van der Waals surface area contributed by atoms with Crippen LogP contribution in [0.1, 0.15) is 87.1 Å². The van der Waals surface area contributed by atoms with Gasteiger partial charge in [0.2, 0.25) is 0 Å². The number of phenols is 1. The third kappa shape index (κ3) is 12.1. The van der Waals surface area contributed by atoms with Crippen molar-refractivity contribution in [2.45, 2.75) is 77.6 Å². The Balaban J connectivity index is 2.08. The second kappa shape index (κ2) is 16.8. The highest BCUT2D eigenvalue weighted by Gasteiger charge is 2.11. The summed E-state index contributed by atoms with van der Waals surface area (Å²) >= 11 is 0. The molecule has 29 heavy (non-hydrogen) atoms. The zero-order chi connectivity index (χ0) is 21.2. The maximum Gasteiger partial charge on any atom is 0.166 e. The van der Waals surface area contributed by atoms with Crippen molar-refractivity contribution in [1.82, 2.24) is 0 Å². The Kier molecular flexibility index (Phi) is 14.4. The lowest BCUT2D eigenvalue weighted by Gasteiger charge is -2.07. The van der Waals surface area contributed by atoms with Crippen LogP contribution in [-0.4, -0.2) is 17.4 Å². The molecule has 0 unspecified atom stereocenters. The van der Waals surface area contributed by atoms with E-state index < -0.39 is 0 Å². The normalized spacial score (nSPS) is 11.9. The zero-order valence-electron chi connectivity index (χ0n) is 18.1. The van der Waals surface area contributed by atoms with Gasteiger partial charge >= 0.3 is 0 Å². The number of Topliss-reactive ketones (excluding diaryl/α,β-unsaturated/α-hetero) is 1. The summed E-state index contributed by atoms with van der Waals surface area (Å²) in [7, 11) is 0. The van der Waals surface area contributed by atoms with E-state index in [1.165, 1.54) is 12.8 Å². The molecule has 0 heterocycles. The van der Waals surface area contributed by atoms with Crippen molar-refractivity contribution in [2.24, 2.45) is 5.73 Å². The molecule has 1 aromatic rings. The van der Waals surface area contributed by atoms with E-state index in [0.29, 0.717) is 18.5 Å². The highest BCUT2D eigenvalue weighted by atomic mass is 16.3. The fourth-order valence-electron chi connectivity index (χ4n) is 3.17. The summed E-state index contributed by atoms with van der Waals surface area (Å²) in [4.78, 5) is 12.3. The van der Waals surface area contributed by atoms with Crippen LogP contribution in [0.2, 0.25) is 0 Å². The van der Waals surface area contributed by atoms with Gasteiger partial charge in [0.15, 0.2) is 5.78 Å². The first-order valence-corrected chi connectivity index (χ1v) is 11.2. The molecule has 3 nitrogen and oxygen atoms in total. The van der Waals surface area contributed by atoms with Crippen molar-refractivity contribution in [1.29, 1.82) is 0 Å². The zero-order valence-corrected chi connectivity index (χ0v) is 18.1. The maximum absolute atomic E-state index is 12.3. The first-order valence-electron chi connectivity index (χ1n) is 11.2. The summed E-state index contributed by atoms with van der Waals surface area (Å²) in [6.07, 6.45) is 24.4.